The van der Waals surface area contributed by atoms with Crippen LogP contribution in [0.2, 0.25) is 0 Å². The Bertz CT molecular complexity index is 119. The van der Waals surface area contributed by atoms with Crippen LogP contribution in [-0.2, 0) is 4.79 Å². The molecule has 0 saturated carbocycles. The molecule has 0 heterocycles. The molecular weight excluding hydrogens is 112 g/mol. The highest BCUT2D eigenvalue weighted by Crippen LogP contribution is 2.10. The maximum atomic E-state index is 10.2. The minimum absolute atomic E-state index is 0.0509. The third-order valence-corrected chi connectivity index (χ3v) is 1.38. The molecule has 1 nitrogen and oxygen atoms in total. The summed E-state index contributed by atoms with van der Waals surface area (Å²) in [6.45, 7) is 3.99. The molecule has 0 aliphatic rings. The molecule has 0 aromatic heterocycles. The van der Waals surface area contributed by atoms with Gasteiger partial charge in [-0.15, -0.1) is 12.3 Å². The van der Waals surface area contributed by atoms with Gasteiger partial charge in [0.2, 0.25) is 0 Å². The predicted molar refractivity (Wildman–Crippen MR) is 37.8 cm³/mol. The maximum Gasteiger partial charge on any atom is 0.124 e. The average molecular weight is 124 g/mol. The van der Waals surface area contributed by atoms with Crippen molar-refractivity contribution in [2.24, 2.45) is 11.8 Å². The third-order valence-electron chi connectivity index (χ3n) is 1.38. The van der Waals surface area contributed by atoms with Crippen molar-refractivity contribution in [3.8, 4) is 12.3 Å². The summed E-state index contributed by atoms with van der Waals surface area (Å²) in [6.07, 6.45) is 6.54. The summed E-state index contributed by atoms with van der Waals surface area (Å²) in [7, 11) is 0. The van der Waals surface area contributed by atoms with Crippen LogP contribution in [0.1, 0.15) is 20.3 Å². The van der Waals surface area contributed by atoms with Gasteiger partial charge in [0, 0.05) is 12.3 Å². The molecule has 50 valence electrons. The van der Waals surface area contributed by atoms with Crippen LogP contribution < -0.4 is 0 Å². The lowest BCUT2D eigenvalue weighted by molar-refractivity contribution is -0.112. The average Bonchev–Trinajstić information content (AvgIpc) is 1.82. The lowest BCUT2D eigenvalue weighted by atomic mass is 9.95. The van der Waals surface area contributed by atoms with Gasteiger partial charge in [-0.2, -0.15) is 0 Å². The summed E-state index contributed by atoms with van der Waals surface area (Å²) in [5.41, 5.74) is 0. The van der Waals surface area contributed by atoms with Gasteiger partial charge in [-0.3, -0.25) is 0 Å². The van der Waals surface area contributed by atoms with E-state index in [1.807, 2.05) is 13.8 Å². The number of hydrogen-bond donors (Lipinski definition) is 0. The Balaban J connectivity index is 3.71. The zero-order chi connectivity index (χ0) is 7.28. The zero-order valence-corrected chi connectivity index (χ0v) is 5.92. The molecule has 0 fully saturated rings. The molecule has 0 bridgehead atoms. The fraction of sp³-hybridized carbons (Fsp3) is 0.625. The Morgan fingerprint density at radius 1 is 1.67 bits per heavy atom. The first-order valence-electron chi connectivity index (χ1n) is 3.11. The SMILES string of the molecule is C#CCC(C=O)C(C)C. The Morgan fingerprint density at radius 2 is 2.22 bits per heavy atom. The van der Waals surface area contributed by atoms with Gasteiger partial charge in [0.05, 0.1) is 0 Å². The molecule has 0 N–H and O–H groups in total. The normalized spacial score (nSPS) is 12.7. The zero-order valence-electron chi connectivity index (χ0n) is 5.92. The van der Waals surface area contributed by atoms with Gasteiger partial charge in [-0.25, -0.2) is 0 Å². The maximum absolute atomic E-state index is 10.2. The van der Waals surface area contributed by atoms with Gasteiger partial charge < -0.3 is 4.79 Å². The lowest BCUT2D eigenvalue weighted by Gasteiger charge is -2.08. The lowest BCUT2D eigenvalue weighted by Crippen LogP contribution is -2.08. The second kappa shape index (κ2) is 4.14. The van der Waals surface area contributed by atoms with Crippen molar-refractivity contribution < 1.29 is 4.79 Å². The molecule has 0 aliphatic heterocycles. The van der Waals surface area contributed by atoms with Crippen LogP contribution in [0.5, 0.6) is 0 Å². The second-order valence-electron chi connectivity index (χ2n) is 2.45. The molecule has 0 aromatic carbocycles. The van der Waals surface area contributed by atoms with Crippen LogP contribution in [0.4, 0.5) is 0 Å². The fourth-order valence-electron chi connectivity index (χ4n) is 0.577. The molecule has 0 radical (unpaired) electrons. The van der Waals surface area contributed by atoms with E-state index in [-0.39, 0.29) is 5.92 Å². The van der Waals surface area contributed by atoms with Crippen molar-refractivity contribution >= 4 is 6.29 Å². The van der Waals surface area contributed by atoms with Crippen molar-refractivity contribution in [1.82, 2.24) is 0 Å². The van der Waals surface area contributed by atoms with Crippen LogP contribution in [-0.4, -0.2) is 6.29 Å². The Morgan fingerprint density at radius 3 is 2.33 bits per heavy atom. The molecule has 1 atom stereocenters. The number of terminal acetylenes is 1. The van der Waals surface area contributed by atoms with E-state index in [2.05, 4.69) is 5.92 Å². The molecule has 9 heavy (non-hydrogen) atoms. The van der Waals surface area contributed by atoms with Gasteiger partial charge in [0.15, 0.2) is 0 Å². The number of aldehydes is 1. The monoisotopic (exact) mass is 124 g/mol. The predicted octanol–water partition coefficient (Wildman–Crippen LogP) is 1.48. The minimum atomic E-state index is 0.0509. The van der Waals surface area contributed by atoms with Gasteiger partial charge in [0.25, 0.3) is 0 Å². The van der Waals surface area contributed by atoms with Gasteiger partial charge in [-0.05, 0) is 5.92 Å². The second-order valence-corrected chi connectivity index (χ2v) is 2.45. The smallest absolute Gasteiger partial charge is 0.124 e. The first-order valence-corrected chi connectivity index (χ1v) is 3.11. The van der Waals surface area contributed by atoms with E-state index < -0.39 is 0 Å². The fourth-order valence-corrected chi connectivity index (χ4v) is 0.577. The van der Waals surface area contributed by atoms with Gasteiger partial charge >= 0.3 is 0 Å². The van der Waals surface area contributed by atoms with E-state index in [1.54, 1.807) is 0 Å². The van der Waals surface area contributed by atoms with E-state index in [4.69, 9.17) is 6.42 Å². The van der Waals surface area contributed by atoms with E-state index in [0.29, 0.717) is 12.3 Å². The van der Waals surface area contributed by atoms with Crippen molar-refractivity contribution in [1.29, 1.82) is 0 Å². The third kappa shape index (κ3) is 2.92. The molecule has 0 amide bonds. The quantitative estimate of drug-likeness (QED) is 0.411. The summed E-state index contributed by atoms with van der Waals surface area (Å²) in [5, 5.41) is 0. The summed E-state index contributed by atoms with van der Waals surface area (Å²) in [4.78, 5) is 10.2. The molecule has 0 aliphatic carbocycles. The Labute approximate surface area is 56.5 Å². The number of rotatable bonds is 3. The molecule has 0 rings (SSSR count). The highest BCUT2D eigenvalue weighted by Gasteiger charge is 2.08. The number of carbonyl (C=O) groups excluding carboxylic acids is 1. The minimum Gasteiger partial charge on any atom is -0.303 e. The molecule has 1 heteroatoms. The highest BCUT2D eigenvalue weighted by atomic mass is 16.1. The Hall–Kier alpha value is -0.770. The van der Waals surface area contributed by atoms with Crippen LogP contribution in [0.25, 0.3) is 0 Å². The van der Waals surface area contributed by atoms with Crippen LogP contribution >= 0.6 is 0 Å². The van der Waals surface area contributed by atoms with E-state index in [0.717, 1.165) is 6.29 Å². The summed E-state index contributed by atoms with van der Waals surface area (Å²) in [6, 6.07) is 0. The van der Waals surface area contributed by atoms with Crippen molar-refractivity contribution in [2.45, 2.75) is 20.3 Å². The topological polar surface area (TPSA) is 17.1 Å². The summed E-state index contributed by atoms with van der Waals surface area (Å²) >= 11 is 0. The summed E-state index contributed by atoms with van der Waals surface area (Å²) < 4.78 is 0. The first-order chi connectivity index (χ1) is 4.22. The molecule has 0 saturated heterocycles. The van der Waals surface area contributed by atoms with Gasteiger partial charge in [-0.1, -0.05) is 13.8 Å². The molecule has 1 unspecified atom stereocenters. The van der Waals surface area contributed by atoms with Crippen LogP contribution in [0.3, 0.4) is 0 Å². The largest absolute Gasteiger partial charge is 0.303 e. The van der Waals surface area contributed by atoms with Crippen molar-refractivity contribution in [3.63, 3.8) is 0 Å². The van der Waals surface area contributed by atoms with E-state index in [1.165, 1.54) is 0 Å². The number of carbonyl (C=O) groups is 1. The van der Waals surface area contributed by atoms with Crippen LogP contribution in [0.15, 0.2) is 0 Å². The van der Waals surface area contributed by atoms with Crippen LogP contribution in [0, 0.1) is 24.2 Å². The standard InChI is InChI=1S/C8H12O/c1-4-5-8(6-9)7(2)3/h1,6-8H,5H2,2-3H3. The van der Waals surface area contributed by atoms with E-state index in [9.17, 15) is 4.79 Å². The van der Waals surface area contributed by atoms with E-state index >= 15 is 0 Å². The van der Waals surface area contributed by atoms with Gasteiger partial charge in [0.1, 0.15) is 6.29 Å². The number of hydrogen-bond acceptors (Lipinski definition) is 1. The molecule has 0 spiro atoms. The Kier molecular flexibility index (Phi) is 3.79. The van der Waals surface area contributed by atoms with Crippen molar-refractivity contribution in [2.75, 3.05) is 0 Å². The van der Waals surface area contributed by atoms with Crippen molar-refractivity contribution in [3.05, 3.63) is 0 Å². The molecular formula is C8H12O. The first kappa shape index (κ1) is 8.23. The highest BCUT2D eigenvalue weighted by molar-refractivity contribution is 5.54. The molecule has 0 aromatic rings. The summed E-state index contributed by atoms with van der Waals surface area (Å²) in [5.74, 6) is 2.89.